The van der Waals surface area contributed by atoms with Crippen LogP contribution >= 0.6 is 23.5 Å². The molecule has 0 aromatic heterocycles. The first kappa shape index (κ1) is 12.6. The Bertz CT molecular complexity index is 636. The third-order valence-corrected chi connectivity index (χ3v) is 6.30. The summed E-state index contributed by atoms with van der Waals surface area (Å²) < 4.78 is 0. The molecular weight excluding hydrogens is 284 g/mol. The fourth-order valence-corrected chi connectivity index (χ4v) is 5.09. The molecule has 0 unspecified atom stereocenters. The molecule has 0 bridgehead atoms. The lowest BCUT2D eigenvalue weighted by Gasteiger charge is -2.32. The van der Waals surface area contributed by atoms with Crippen molar-refractivity contribution < 1.29 is 0 Å². The first-order valence-electron chi connectivity index (χ1n) is 6.95. The number of benzene rings is 2. The highest BCUT2D eigenvalue weighted by Gasteiger charge is 2.22. The van der Waals surface area contributed by atoms with Gasteiger partial charge in [-0.3, -0.25) is 0 Å². The summed E-state index contributed by atoms with van der Waals surface area (Å²) in [6.07, 6.45) is 0. The molecule has 2 nitrogen and oxygen atoms in total. The van der Waals surface area contributed by atoms with Gasteiger partial charge in [0.05, 0.1) is 5.69 Å². The van der Waals surface area contributed by atoms with Crippen molar-refractivity contribution in [2.24, 2.45) is 0 Å². The predicted molar refractivity (Wildman–Crippen MR) is 86.2 cm³/mol. The minimum atomic E-state index is 1.08. The highest BCUT2D eigenvalue weighted by molar-refractivity contribution is 8.05. The van der Waals surface area contributed by atoms with Crippen LogP contribution in [0.3, 0.4) is 0 Å². The van der Waals surface area contributed by atoms with E-state index in [1.165, 1.54) is 25.3 Å². The summed E-state index contributed by atoms with van der Waals surface area (Å²) in [4.78, 5) is 8.09. The van der Waals surface area contributed by atoms with E-state index >= 15 is 0 Å². The predicted octanol–water partition coefficient (Wildman–Crippen LogP) is 3.71. The highest BCUT2D eigenvalue weighted by Crippen LogP contribution is 2.51. The third-order valence-electron chi connectivity index (χ3n) is 3.70. The molecule has 2 aromatic rings. The van der Waals surface area contributed by atoms with Gasteiger partial charge in [-0.2, -0.15) is 0 Å². The zero-order valence-electron chi connectivity index (χ0n) is 11.1. The maximum atomic E-state index is 3.43. The summed E-state index contributed by atoms with van der Waals surface area (Å²) in [6.45, 7) is 4.36. The molecule has 2 aliphatic rings. The Labute approximate surface area is 127 Å². The van der Waals surface area contributed by atoms with Gasteiger partial charge in [0.15, 0.2) is 0 Å². The second-order valence-electron chi connectivity index (χ2n) is 4.99. The van der Waals surface area contributed by atoms with Crippen LogP contribution in [-0.4, -0.2) is 26.2 Å². The molecule has 4 heteroatoms. The average Bonchev–Trinajstić information content (AvgIpc) is 2.53. The van der Waals surface area contributed by atoms with E-state index in [2.05, 4.69) is 52.7 Å². The van der Waals surface area contributed by atoms with Gasteiger partial charge in [0.25, 0.3) is 0 Å². The SMILES string of the molecule is c1ccc2c(c1)Sc1cccc(N3CCNCC3)c1S2. The van der Waals surface area contributed by atoms with Gasteiger partial charge in [-0.05, 0) is 24.3 Å². The quantitative estimate of drug-likeness (QED) is 0.736. The zero-order chi connectivity index (χ0) is 13.4. The Morgan fingerprint density at radius 3 is 2.30 bits per heavy atom. The van der Waals surface area contributed by atoms with E-state index in [1.807, 2.05) is 23.5 Å². The van der Waals surface area contributed by atoms with Crippen LogP contribution in [-0.2, 0) is 0 Å². The van der Waals surface area contributed by atoms with Crippen molar-refractivity contribution in [3.05, 3.63) is 42.5 Å². The molecule has 2 aromatic carbocycles. The lowest BCUT2D eigenvalue weighted by Crippen LogP contribution is -2.43. The van der Waals surface area contributed by atoms with Crippen molar-refractivity contribution in [1.82, 2.24) is 5.32 Å². The van der Waals surface area contributed by atoms with Gasteiger partial charge in [-0.25, -0.2) is 0 Å². The van der Waals surface area contributed by atoms with Crippen LogP contribution in [0.5, 0.6) is 0 Å². The van der Waals surface area contributed by atoms with E-state index in [9.17, 15) is 0 Å². The average molecular weight is 300 g/mol. The maximum Gasteiger partial charge on any atom is 0.0520 e. The summed E-state index contributed by atoms with van der Waals surface area (Å²) in [7, 11) is 0. The summed E-state index contributed by atoms with van der Waals surface area (Å²) >= 11 is 3.82. The van der Waals surface area contributed by atoms with Gasteiger partial charge < -0.3 is 10.2 Å². The second kappa shape index (κ2) is 5.35. The van der Waals surface area contributed by atoms with E-state index in [1.54, 1.807) is 0 Å². The Morgan fingerprint density at radius 2 is 1.50 bits per heavy atom. The minimum Gasteiger partial charge on any atom is -0.368 e. The van der Waals surface area contributed by atoms with Crippen LogP contribution in [0.25, 0.3) is 0 Å². The van der Waals surface area contributed by atoms with Gasteiger partial charge in [0, 0.05) is 45.8 Å². The fourth-order valence-electron chi connectivity index (χ4n) is 2.69. The molecule has 1 fully saturated rings. The lowest BCUT2D eigenvalue weighted by molar-refractivity contribution is 0.586. The molecular formula is C16H16N2S2. The topological polar surface area (TPSA) is 15.3 Å². The number of piperazine rings is 1. The molecule has 4 rings (SSSR count). The molecule has 0 atom stereocenters. The molecule has 1 saturated heterocycles. The van der Waals surface area contributed by atoms with Crippen molar-refractivity contribution in [1.29, 1.82) is 0 Å². The summed E-state index contributed by atoms with van der Waals surface area (Å²) in [5.41, 5.74) is 1.40. The van der Waals surface area contributed by atoms with E-state index in [4.69, 9.17) is 0 Å². The standard InChI is InChI=1S/C16H16N2S2/c1-2-6-14-13(5-1)19-15-7-3-4-12(16(15)20-14)18-10-8-17-9-11-18/h1-7,17H,8-11H2. The number of fused-ring (bicyclic) bond motifs is 2. The number of hydrogen-bond donors (Lipinski definition) is 1. The maximum absolute atomic E-state index is 3.43. The van der Waals surface area contributed by atoms with Gasteiger partial charge in [-0.15, -0.1) is 0 Å². The van der Waals surface area contributed by atoms with Crippen LogP contribution in [0, 0.1) is 0 Å². The molecule has 0 aliphatic carbocycles. The van der Waals surface area contributed by atoms with Crippen molar-refractivity contribution in [2.75, 3.05) is 31.1 Å². The highest BCUT2D eigenvalue weighted by atomic mass is 32.2. The molecule has 2 heterocycles. The molecule has 20 heavy (non-hydrogen) atoms. The first-order chi connectivity index (χ1) is 9.92. The number of rotatable bonds is 1. The Hall–Kier alpha value is -1.10. The molecule has 1 N–H and O–H groups in total. The van der Waals surface area contributed by atoms with Crippen molar-refractivity contribution in [3.63, 3.8) is 0 Å². The van der Waals surface area contributed by atoms with Crippen molar-refractivity contribution >= 4 is 29.2 Å². The van der Waals surface area contributed by atoms with Gasteiger partial charge in [0.2, 0.25) is 0 Å². The number of nitrogens with zero attached hydrogens (tertiary/aromatic N) is 1. The summed E-state index contributed by atoms with van der Waals surface area (Å²) in [5.74, 6) is 0. The Kier molecular flexibility index (Phi) is 3.38. The van der Waals surface area contributed by atoms with Gasteiger partial charge in [0.1, 0.15) is 0 Å². The molecule has 0 radical (unpaired) electrons. The van der Waals surface area contributed by atoms with E-state index in [0.29, 0.717) is 0 Å². The Balaban J connectivity index is 1.74. The summed E-state index contributed by atoms with van der Waals surface area (Å²) in [5, 5.41) is 3.43. The normalized spacial score (nSPS) is 17.5. The minimum absolute atomic E-state index is 1.08. The third kappa shape index (κ3) is 2.22. The number of hydrogen-bond acceptors (Lipinski definition) is 4. The van der Waals surface area contributed by atoms with Crippen LogP contribution in [0.1, 0.15) is 0 Å². The van der Waals surface area contributed by atoms with E-state index < -0.39 is 0 Å². The van der Waals surface area contributed by atoms with Crippen LogP contribution < -0.4 is 10.2 Å². The van der Waals surface area contributed by atoms with Crippen LogP contribution in [0.4, 0.5) is 5.69 Å². The lowest BCUT2D eigenvalue weighted by atomic mass is 10.2. The molecule has 0 spiro atoms. The molecule has 0 amide bonds. The van der Waals surface area contributed by atoms with Crippen LogP contribution in [0.15, 0.2) is 62.0 Å². The fraction of sp³-hybridized carbons (Fsp3) is 0.250. The summed E-state index contributed by atoms with van der Waals surface area (Å²) in [6, 6.07) is 15.4. The van der Waals surface area contributed by atoms with Crippen molar-refractivity contribution in [2.45, 2.75) is 19.6 Å². The second-order valence-corrected chi connectivity index (χ2v) is 7.13. The smallest absolute Gasteiger partial charge is 0.0520 e. The first-order valence-corrected chi connectivity index (χ1v) is 8.58. The molecule has 0 saturated carbocycles. The van der Waals surface area contributed by atoms with Crippen molar-refractivity contribution in [3.8, 4) is 0 Å². The monoisotopic (exact) mass is 300 g/mol. The van der Waals surface area contributed by atoms with Crippen LogP contribution in [0.2, 0.25) is 0 Å². The van der Waals surface area contributed by atoms with Gasteiger partial charge >= 0.3 is 0 Å². The Morgan fingerprint density at radius 1 is 0.800 bits per heavy atom. The zero-order valence-corrected chi connectivity index (χ0v) is 12.8. The van der Waals surface area contributed by atoms with E-state index in [-0.39, 0.29) is 0 Å². The molecule has 102 valence electrons. The molecule has 2 aliphatic heterocycles. The largest absolute Gasteiger partial charge is 0.368 e. The number of nitrogens with one attached hydrogen (secondary N) is 1. The van der Waals surface area contributed by atoms with E-state index in [0.717, 1.165) is 26.2 Å². The van der Waals surface area contributed by atoms with Gasteiger partial charge in [-0.1, -0.05) is 41.7 Å². The number of anilines is 1.